The van der Waals surface area contributed by atoms with Crippen molar-refractivity contribution < 1.29 is 13.2 Å². The molecule has 0 bridgehead atoms. The molecule has 0 spiro atoms. The van der Waals surface area contributed by atoms with Gasteiger partial charge in [0.2, 0.25) is 5.82 Å². The molecule has 0 aliphatic heterocycles. The number of nitrogens with two attached hydrogens (primary N) is 1. The number of alkyl halides is 3. The summed E-state index contributed by atoms with van der Waals surface area (Å²) in [6.45, 7) is 2.02. The van der Waals surface area contributed by atoms with E-state index in [9.17, 15) is 13.2 Å². The van der Waals surface area contributed by atoms with E-state index in [2.05, 4.69) is 15.3 Å². The van der Waals surface area contributed by atoms with Crippen LogP contribution in [0.15, 0.2) is 30.3 Å². The topological polar surface area (TPSA) is 63.8 Å². The van der Waals surface area contributed by atoms with Crippen LogP contribution >= 0.6 is 0 Å². The Labute approximate surface area is 113 Å². The molecular weight excluding hydrogens is 269 g/mol. The molecule has 1 aromatic heterocycles. The molecule has 0 aliphatic rings. The Balaban J connectivity index is 2.26. The minimum atomic E-state index is -4.63. The summed E-state index contributed by atoms with van der Waals surface area (Å²) in [7, 11) is 0. The van der Waals surface area contributed by atoms with Gasteiger partial charge < -0.3 is 11.1 Å². The number of benzene rings is 1. The number of aryl methyl sites for hydroxylation is 1. The third-order valence-corrected chi connectivity index (χ3v) is 2.63. The Kier molecular flexibility index (Phi) is 3.78. The standard InChI is InChI=1S/C13H13F3N4/c1-2-8-3-5-9(6-4-8)18-11-7-10(17)19-12(20-11)13(14,15)16/h3-7H,2H2,1H3,(H3,17,18,19,20). The van der Waals surface area contributed by atoms with Gasteiger partial charge in [-0.05, 0) is 24.1 Å². The number of aromatic nitrogens is 2. The van der Waals surface area contributed by atoms with Crippen LogP contribution in [-0.2, 0) is 12.6 Å². The Morgan fingerprint density at radius 1 is 1.15 bits per heavy atom. The first kappa shape index (κ1) is 14.1. The zero-order valence-electron chi connectivity index (χ0n) is 10.7. The van der Waals surface area contributed by atoms with Gasteiger partial charge in [-0.2, -0.15) is 13.2 Å². The normalized spacial score (nSPS) is 11.4. The van der Waals surface area contributed by atoms with Crippen LogP contribution in [0, 0.1) is 0 Å². The van der Waals surface area contributed by atoms with E-state index in [0.717, 1.165) is 12.0 Å². The van der Waals surface area contributed by atoms with Gasteiger partial charge in [-0.15, -0.1) is 0 Å². The van der Waals surface area contributed by atoms with Gasteiger partial charge in [-0.3, -0.25) is 0 Å². The maximum Gasteiger partial charge on any atom is 0.451 e. The molecule has 0 unspecified atom stereocenters. The first-order valence-electron chi connectivity index (χ1n) is 5.96. The zero-order valence-corrected chi connectivity index (χ0v) is 10.7. The average Bonchev–Trinajstić information content (AvgIpc) is 2.38. The summed E-state index contributed by atoms with van der Waals surface area (Å²) in [4.78, 5) is 6.59. The maximum absolute atomic E-state index is 12.6. The van der Waals surface area contributed by atoms with Gasteiger partial charge in [0.05, 0.1) is 0 Å². The fourth-order valence-corrected chi connectivity index (χ4v) is 1.63. The van der Waals surface area contributed by atoms with Crippen molar-refractivity contribution in [1.29, 1.82) is 0 Å². The molecule has 1 heterocycles. The number of anilines is 3. The Hall–Kier alpha value is -2.31. The molecule has 2 aromatic rings. The van der Waals surface area contributed by atoms with Crippen molar-refractivity contribution in [3.63, 3.8) is 0 Å². The minimum absolute atomic E-state index is 0.00840. The molecule has 0 amide bonds. The third-order valence-electron chi connectivity index (χ3n) is 2.63. The van der Waals surface area contributed by atoms with Crippen LogP contribution in [-0.4, -0.2) is 9.97 Å². The SMILES string of the molecule is CCc1ccc(Nc2cc(N)nc(C(F)(F)F)n2)cc1. The Morgan fingerprint density at radius 2 is 1.80 bits per heavy atom. The van der Waals surface area contributed by atoms with Crippen LogP contribution in [0.4, 0.5) is 30.5 Å². The van der Waals surface area contributed by atoms with E-state index < -0.39 is 12.0 Å². The smallest absolute Gasteiger partial charge is 0.384 e. The molecule has 0 radical (unpaired) electrons. The first-order valence-corrected chi connectivity index (χ1v) is 5.96. The van der Waals surface area contributed by atoms with Crippen LogP contribution < -0.4 is 11.1 Å². The van der Waals surface area contributed by atoms with Gasteiger partial charge >= 0.3 is 6.18 Å². The largest absolute Gasteiger partial charge is 0.451 e. The highest BCUT2D eigenvalue weighted by molar-refractivity contribution is 5.58. The quantitative estimate of drug-likeness (QED) is 0.905. The molecule has 3 N–H and O–H groups in total. The number of nitrogen functional groups attached to an aromatic ring is 1. The summed E-state index contributed by atoms with van der Waals surface area (Å²) in [5.41, 5.74) is 7.13. The fraction of sp³-hybridized carbons (Fsp3) is 0.231. The van der Waals surface area contributed by atoms with Crippen molar-refractivity contribution in [2.24, 2.45) is 0 Å². The predicted octanol–water partition coefficient (Wildman–Crippen LogP) is 3.38. The van der Waals surface area contributed by atoms with E-state index in [-0.39, 0.29) is 11.6 Å². The van der Waals surface area contributed by atoms with Gasteiger partial charge in [-0.1, -0.05) is 19.1 Å². The second-order valence-electron chi connectivity index (χ2n) is 4.17. The summed E-state index contributed by atoms with van der Waals surface area (Å²) >= 11 is 0. The Morgan fingerprint density at radius 3 is 2.35 bits per heavy atom. The average molecular weight is 282 g/mol. The molecule has 106 valence electrons. The lowest BCUT2D eigenvalue weighted by atomic mass is 10.1. The number of hydrogen-bond acceptors (Lipinski definition) is 4. The van der Waals surface area contributed by atoms with Crippen molar-refractivity contribution >= 4 is 17.3 Å². The van der Waals surface area contributed by atoms with E-state index in [1.807, 2.05) is 19.1 Å². The van der Waals surface area contributed by atoms with Crippen LogP contribution in [0.25, 0.3) is 0 Å². The van der Waals surface area contributed by atoms with Gasteiger partial charge in [-0.25, -0.2) is 9.97 Å². The maximum atomic E-state index is 12.6. The lowest BCUT2D eigenvalue weighted by Gasteiger charge is -2.10. The fourth-order valence-electron chi connectivity index (χ4n) is 1.63. The third kappa shape index (κ3) is 3.37. The molecule has 0 atom stereocenters. The van der Waals surface area contributed by atoms with Gasteiger partial charge in [0, 0.05) is 11.8 Å². The molecule has 7 heteroatoms. The summed E-state index contributed by atoms with van der Waals surface area (Å²) in [6, 6.07) is 8.56. The Bertz CT molecular complexity index is 594. The molecule has 0 saturated heterocycles. The van der Waals surface area contributed by atoms with Gasteiger partial charge in [0.25, 0.3) is 0 Å². The molecule has 0 aliphatic carbocycles. The molecule has 4 nitrogen and oxygen atoms in total. The highest BCUT2D eigenvalue weighted by Crippen LogP contribution is 2.28. The van der Waals surface area contributed by atoms with Crippen molar-refractivity contribution in [3.05, 3.63) is 41.7 Å². The molecule has 0 fully saturated rings. The number of nitrogens with one attached hydrogen (secondary N) is 1. The summed E-state index contributed by atoms with van der Waals surface area (Å²) in [5.74, 6) is -1.49. The van der Waals surface area contributed by atoms with E-state index in [1.54, 1.807) is 12.1 Å². The monoisotopic (exact) mass is 282 g/mol. The minimum Gasteiger partial charge on any atom is -0.384 e. The van der Waals surface area contributed by atoms with Crippen LogP contribution in [0.3, 0.4) is 0 Å². The van der Waals surface area contributed by atoms with Crippen molar-refractivity contribution in [2.45, 2.75) is 19.5 Å². The van der Waals surface area contributed by atoms with Crippen molar-refractivity contribution in [3.8, 4) is 0 Å². The summed E-state index contributed by atoms with van der Waals surface area (Å²) in [5, 5.41) is 2.78. The molecule has 1 aromatic carbocycles. The molecule has 0 saturated carbocycles. The highest BCUT2D eigenvalue weighted by Gasteiger charge is 2.35. The van der Waals surface area contributed by atoms with Gasteiger partial charge in [0.15, 0.2) is 0 Å². The summed E-state index contributed by atoms with van der Waals surface area (Å²) < 4.78 is 37.7. The molecule has 20 heavy (non-hydrogen) atoms. The molecule has 2 rings (SSSR count). The predicted molar refractivity (Wildman–Crippen MR) is 70.5 cm³/mol. The van der Waals surface area contributed by atoms with Crippen LogP contribution in [0.1, 0.15) is 18.3 Å². The lowest BCUT2D eigenvalue weighted by molar-refractivity contribution is -0.144. The number of hydrogen-bond donors (Lipinski definition) is 2. The van der Waals surface area contributed by atoms with Crippen LogP contribution in [0.5, 0.6) is 0 Å². The van der Waals surface area contributed by atoms with E-state index in [4.69, 9.17) is 5.73 Å². The van der Waals surface area contributed by atoms with Crippen LogP contribution in [0.2, 0.25) is 0 Å². The lowest BCUT2D eigenvalue weighted by Crippen LogP contribution is -2.13. The number of rotatable bonds is 3. The van der Waals surface area contributed by atoms with Crippen molar-refractivity contribution in [1.82, 2.24) is 9.97 Å². The van der Waals surface area contributed by atoms with Crippen molar-refractivity contribution in [2.75, 3.05) is 11.1 Å². The molecular formula is C13H13F3N4. The van der Waals surface area contributed by atoms with E-state index in [0.29, 0.717) is 5.69 Å². The zero-order chi connectivity index (χ0) is 14.8. The summed E-state index contributed by atoms with van der Waals surface area (Å²) in [6.07, 6.45) is -3.74. The number of nitrogens with zero attached hydrogens (tertiary/aromatic N) is 2. The van der Waals surface area contributed by atoms with E-state index in [1.165, 1.54) is 6.07 Å². The van der Waals surface area contributed by atoms with Gasteiger partial charge in [0.1, 0.15) is 11.6 Å². The second kappa shape index (κ2) is 5.36. The second-order valence-corrected chi connectivity index (χ2v) is 4.17. The van der Waals surface area contributed by atoms with E-state index >= 15 is 0 Å². The number of halogens is 3. The highest BCUT2D eigenvalue weighted by atomic mass is 19.4. The first-order chi connectivity index (χ1) is 9.38.